The lowest BCUT2D eigenvalue weighted by atomic mass is 9.94. The Balaban J connectivity index is 1.72. The first kappa shape index (κ1) is 64.5. The summed E-state index contributed by atoms with van der Waals surface area (Å²) in [5, 5.41) is 45.1. The molecule has 0 aromatic carbocycles. The van der Waals surface area contributed by atoms with Crippen LogP contribution in [0.15, 0.2) is 15.8 Å². The number of aromatic amines is 1. The van der Waals surface area contributed by atoms with E-state index in [2.05, 4.69) is 40.9 Å². The maximum absolute atomic E-state index is 12.9. The molecule has 12 N–H and O–H groups in total. The molecular formula is C38H56N5O25P3S2. The number of aromatic nitrogens is 2. The van der Waals surface area contributed by atoms with Gasteiger partial charge in [-0.25, -0.2) is 18.5 Å². The summed E-state index contributed by atoms with van der Waals surface area (Å²) < 4.78 is 52.4. The third-order valence-corrected chi connectivity index (χ3v) is 16.1. The van der Waals surface area contributed by atoms with E-state index in [9.17, 15) is 81.6 Å². The number of ether oxygens (including phenoxy) is 1. The smallest absolute Gasteiger partial charge is 0.481 e. The van der Waals surface area contributed by atoms with Crippen LogP contribution in [0.1, 0.15) is 102 Å². The summed E-state index contributed by atoms with van der Waals surface area (Å²) in [7, 11) is -14.2. The molecule has 0 bridgehead atoms. The predicted molar refractivity (Wildman–Crippen MR) is 252 cm³/mol. The lowest BCUT2D eigenvalue weighted by Gasteiger charge is -2.19. The molecule has 3 amide bonds. The van der Waals surface area contributed by atoms with Gasteiger partial charge in [0.15, 0.2) is 11.6 Å². The number of amides is 3. The lowest BCUT2D eigenvalue weighted by Crippen LogP contribution is -2.43. The third kappa shape index (κ3) is 27.0. The molecule has 8 unspecified atom stereocenters. The molecule has 1 saturated heterocycles. The molecule has 410 valence electrons. The highest BCUT2D eigenvalue weighted by atomic mass is 33.1. The van der Waals surface area contributed by atoms with Crippen LogP contribution in [0.25, 0.3) is 0 Å². The van der Waals surface area contributed by atoms with Crippen LogP contribution in [0, 0.1) is 17.8 Å². The molecular weight excluding hydrogens is 1080 g/mol. The van der Waals surface area contributed by atoms with Gasteiger partial charge in [-0.2, -0.15) is 8.62 Å². The van der Waals surface area contributed by atoms with Crippen molar-refractivity contribution in [2.24, 2.45) is 5.92 Å². The van der Waals surface area contributed by atoms with E-state index in [0.29, 0.717) is 50.0 Å². The van der Waals surface area contributed by atoms with Crippen molar-refractivity contribution in [1.82, 2.24) is 25.5 Å². The van der Waals surface area contributed by atoms with Gasteiger partial charge in [-0.3, -0.25) is 57.2 Å². The van der Waals surface area contributed by atoms with Gasteiger partial charge in [0.2, 0.25) is 17.7 Å². The minimum atomic E-state index is -5.81. The zero-order valence-corrected chi connectivity index (χ0v) is 43.0. The van der Waals surface area contributed by atoms with Crippen LogP contribution >= 0.6 is 45.1 Å². The standard InChI is InChI=1S/C38H56N5O25P3S2/c1-22(44)40-25(27(45)10-4-2-3-5-11-32(49)41-26(18-35(52)53)28(46)16-24(37(55)56)17-34(50)51)9-7-14-72-73-15-12-31(48)39-13-6-8-23-20-43(38(57)42-36(23)54)33-19-29(47)30(66-33)21-65-70(61,62)68-71(63,64)67-69(58,59)60/h20,24-26,29-30,33,47H,2-5,7,9-19,21H2,1H3,(H,39,48)(H,40,44)(H,41,49)(H,50,51)(H,52,53)(H,55,56)(H,61,62)(H,63,64)(H,42,54,57)(H2,58,59,60). The molecule has 8 atom stereocenters. The minimum absolute atomic E-state index is 0.0864. The molecule has 1 aliphatic rings. The minimum Gasteiger partial charge on any atom is -0.481 e. The van der Waals surface area contributed by atoms with Crippen molar-refractivity contribution in [3.05, 3.63) is 32.6 Å². The number of aliphatic carboxylic acids is 3. The van der Waals surface area contributed by atoms with Crippen LogP contribution in [0.5, 0.6) is 0 Å². The van der Waals surface area contributed by atoms with E-state index in [1.807, 2.05) is 4.98 Å². The third-order valence-electron chi connectivity index (χ3n) is 9.78. The number of unbranched alkanes of at least 4 members (excludes halogenated alkanes) is 3. The Kier molecular flexibility index (Phi) is 27.7. The van der Waals surface area contributed by atoms with Crippen molar-refractivity contribution >= 4 is 92.3 Å². The zero-order chi connectivity index (χ0) is 55.1. The molecule has 0 spiro atoms. The number of carboxylic acids is 3. The van der Waals surface area contributed by atoms with E-state index in [1.54, 1.807) is 0 Å². The summed E-state index contributed by atoms with van der Waals surface area (Å²) in [6.07, 6.45) is -3.28. The van der Waals surface area contributed by atoms with Crippen LogP contribution < -0.4 is 27.2 Å². The molecule has 73 heavy (non-hydrogen) atoms. The summed E-state index contributed by atoms with van der Waals surface area (Å²) >= 11 is 0. The number of phosphoric ester groups is 1. The highest BCUT2D eigenvalue weighted by Gasteiger charge is 2.43. The van der Waals surface area contributed by atoms with E-state index in [1.165, 1.54) is 28.5 Å². The van der Waals surface area contributed by atoms with Gasteiger partial charge in [-0.05, 0) is 25.7 Å². The molecule has 1 fully saturated rings. The first-order valence-electron chi connectivity index (χ1n) is 21.7. The molecule has 2 heterocycles. The summed E-state index contributed by atoms with van der Waals surface area (Å²) in [5.41, 5.74) is -2.16. The van der Waals surface area contributed by atoms with Gasteiger partial charge in [0.1, 0.15) is 17.9 Å². The average molecular weight is 1140 g/mol. The number of carboxylic acid groups (broad SMARTS) is 3. The highest BCUT2D eigenvalue weighted by molar-refractivity contribution is 8.76. The molecule has 0 aliphatic carbocycles. The number of nitrogens with zero attached hydrogens (tertiary/aromatic N) is 1. The van der Waals surface area contributed by atoms with Crippen molar-refractivity contribution < 1.29 is 110 Å². The van der Waals surface area contributed by atoms with Gasteiger partial charge in [-0.15, -0.1) is 0 Å². The van der Waals surface area contributed by atoms with Crippen molar-refractivity contribution in [1.29, 1.82) is 0 Å². The molecule has 35 heteroatoms. The second kappa shape index (κ2) is 31.3. The number of hydrogen-bond donors (Lipinski definition) is 12. The maximum atomic E-state index is 12.9. The Bertz CT molecular complexity index is 2470. The van der Waals surface area contributed by atoms with Gasteiger partial charge in [0.25, 0.3) is 5.56 Å². The lowest BCUT2D eigenvalue weighted by molar-refractivity contribution is -0.150. The number of nitrogens with one attached hydrogen (secondary N) is 4. The van der Waals surface area contributed by atoms with Gasteiger partial charge in [-0.1, -0.05) is 46.3 Å². The van der Waals surface area contributed by atoms with E-state index < -0.39 is 133 Å². The molecule has 1 aromatic rings. The van der Waals surface area contributed by atoms with Crippen molar-refractivity contribution in [2.45, 2.75) is 121 Å². The highest BCUT2D eigenvalue weighted by Crippen LogP contribution is 2.66. The summed E-state index contributed by atoms with van der Waals surface area (Å²) in [4.78, 5) is 159. The van der Waals surface area contributed by atoms with E-state index in [-0.39, 0.29) is 49.5 Å². The Hall–Kier alpha value is -4.57. The fraction of sp³-hybridized carbons (Fsp3) is 0.632. The molecule has 30 nitrogen and oxygen atoms in total. The fourth-order valence-corrected chi connectivity index (χ4v) is 11.6. The molecule has 1 aliphatic heterocycles. The first-order chi connectivity index (χ1) is 34.0. The largest absolute Gasteiger partial charge is 0.490 e. The summed E-state index contributed by atoms with van der Waals surface area (Å²) in [6, 6.07) is -2.28. The summed E-state index contributed by atoms with van der Waals surface area (Å²) in [6.45, 7) is 0.0716. The SMILES string of the molecule is CC(=O)NC(CCCSSCCC(=O)NCC#Cc1cn(C2CC(O)C(COP(=O)(O)OP(=O)(O)OP(=O)(O)O)O2)c(=O)[nH]c1=O)C(=O)CCCCCCC(=O)NC(CC(=O)O)C(=O)CC(CC(=O)O)C(=O)O. The Morgan fingerprint density at radius 3 is 2.07 bits per heavy atom. The number of Topliss-reactive ketones (excluding diaryl/α,β-unsaturated/α-hetero) is 2. The second-order valence-corrected chi connectivity index (χ2v) is 22.9. The van der Waals surface area contributed by atoms with Crippen LogP contribution in [0.2, 0.25) is 0 Å². The monoisotopic (exact) mass is 1140 g/mol. The van der Waals surface area contributed by atoms with Crippen molar-refractivity contribution in [3.63, 3.8) is 0 Å². The zero-order valence-electron chi connectivity index (χ0n) is 38.7. The molecule has 0 radical (unpaired) electrons. The number of aliphatic hydroxyl groups excluding tert-OH is 1. The average Bonchev–Trinajstić information content (AvgIpc) is 3.62. The van der Waals surface area contributed by atoms with E-state index >= 15 is 0 Å². The van der Waals surface area contributed by atoms with Gasteiger partial charge in [0, 0.05) is 56.7 Å². The Morgan fingerprint density at radius 1 is 0.808 bits per heavy atom. The number of phosphoric acid groups is 3. The van der Waals surface area contributed by atoms with Gasteiger partial charge in [0.05, 0.1) is 50.1 Å². The Morgan fingerprint density at radius 2 is 1.45 bits per heavy atom. The van der Waals surface area contributed by atoms with Crippen LogP contribution in [-0.2, 0) is 69.9 Å². The van der Waals surface area contributed by atoms with Crippen molar-refractivity contribution in [2.75, 3.05) is 24.7 Å². The van der Waals surface area contributed by atoms with Crippen LogP contribution in [0.4, 0.5) is 0 Å². The second-order valence-electron chi connectivity index (χ2n) is 15.8. The van der Waals surface area contributed by atoms with Gasteiger partial charge >= 0.3 is 47.1 Å². The quantitative estimate of drug-likeness (QED) is 0.0185. The Labute approximate surface area is 422 Å². The number of H-pyrrole nitrogens is 1. The number of carbonyl (C=O) groups excluding carboxylic acids is 5. The molecule has 1 aromatic heterocycles. The predicted octanol–water partition coefficient (Wildman–Crippen LogP) is 0.0563. The van der Waals surface area contributed by atoms with Crippen LogP contribution in [-0.4, -0.2) is 146 Å². The first-order valence-corrected chi connectivity index (χ1v) is 28.7. The molecule has 2 rings (SSSR count). The topological polar surface area (TPSA) is 477 Å². The summed E-state index contributed by atoms with van der Waals surface area (Å²) in [5.74, 6) is -2.59. The number of carbonyl (C=O) groups is 8. The maximum Gasteiger partial charge on any atom is 0.490 e. The number of hydrogen-bond acceptors (Lipinski definition) is 20. The number of ketones is 2. The van der Waals surface area contributed by atoms with Gasteiger partial charge < -0.3 is 60.7 Å². The van der Waals surface area contributed by atoms with E-state index in [4.69, 9.17) is 24.7 Å². The number of aliphatic hydroxyl groups is 1. The normalized spacial score (nSPS) is 18.4. The number of rotatable bonds is 35. The van der Waals surface area contributed by atoms with E-state index in [0.717, 1.165) is 10.8 Å². The molecule has 0 saturated carbocycles. The van der Waals surface area contributed by atoms with Crippen LogP contribution in [0.3, 0.4) is 0 Å². The van der Waals surface area contributed by atoms with Crippen molar-refractivity contribution in [3.8, 4) is 11.8 Å². The fourth-order valence-electron chi connectivity index (χ4n) is 6.47.